The van der Waals surface area contributed by atoms with Gasteiger partial charge in [0.15, 0.2) is 0 Å². The second kappa shape index (κ2) is 7.07. The Balaban J connectivity index is 2.31. The van der Waals surface area contributed by atoms with E-state index in [-0.39, 0.29) is 6.04 Å². The van der Waals surface area contributed by atoms with Crippen molar-refractivity contribution >= 4 is 5.82 Å². The van der Waals surface area contributed by atoms with E-state index in [2.05, 4.69) is 10.5 Å². The Labute approximate surface area is 123 Å². The number of aromatic nitrogens is 2. The number of anilines is 1. The average Bonchev–Trinajstić information content (AvgIpc) is 2.82. The van der Waals surface area contributed by atoms with Crippen LogP contribution in [0.15, 0.2) is 30.5 Å². The fourth-order valence-corrected chi connectivity index (χ4v) is 2.12. The number of nitrogens with one attached hydrogen (secondary N) is 1. The Kier molecular flexibility index (Phi) is 5.15. The number of ether oxygens (including phenoxy) is 2. The van der Waals surface area contributed by atoms with Gasteiger partial charge in [-0.15, -0.1) is 0 Å². The molecular weight excluding hydrogens is 270 g/mol. The molecule has 2 rings (SSSR count). The van der Waals surface area contributed by atoms with Crippen molar-refractivity contribution < 1.29 is 9.47 Å². The summed E-state index contributed by atoms with van der Waals surface area (Å²) in [4.78, 5) is 0. The molecule has 0 aliphatic carbocycles. The molecule has 0 amide bonds. The Bertz CT molecular complexity index is 584. The summed E-state index contributed by atoms with van der Waals surface area (Å²) in [6.07, 6.45) is 1.70. The van der Waals surface area contributed by atoms with E-state index in [9.17, 15) is 0 Å². The molecule has 0 aliphatic rings. The zero-order valence-corrected chi connectivity index (χ0v) is 12.2. The molecule has 1 aromatic carbocycles. The predicted octanol–water partition coefficient (Wildman–Crippen LogP) is 0.580. The highest BCUT2D eigenvalue weighted by Crippen LogP contribution is 2.31. The molecule has 0 saturated carbocycles. The smallest absolute Gasteiger partial charge is 0.126 e. The molecule has 1 atom stereocenters. The second-order valence-corrected chi connectivity index (χ2v) is 4.59. The summed E-state index contributed by atoms with van der Waals surface area (Å²) in [7, 11) is 3.42. The van der Waals surface area contributed by atoms with Crippen molar-refractivity contribution in [1.29, 1.82) is 0 Å². The van der Waals surface area contributed by atoms with E-state index in [1.165, 1.54) is 0 Å². The maximum absolute atomic E-state index is 6.03. The number of rotatable bonds is 7. The molecule has 5 N–H and O–H groups in total. The lowest BCUT2D eigenvalue weighted by Crippen LogP contribution is -2.29. The minimum Gasteiger partial charge on any atom is -0.491 e. The molecule has 0 bridgehead atoms. The van der Waals surface area contributed by atoms with Crippen LogP contribution in [0.25, 0.3) is 0 Å². The molecule has 0 radical (unpaired) electrons. The Morgan fingerprint density at radius 3 is 2.67 bits per heavy atom. The van der Waals surface area contributed by atoms with Crippen LogP contribution in [0.2, 0.25) is 0 Å². The van der Waals surface area contributed by atoms with Gasteiger partial charge in [-0.1, -0.05) is 18.2 Å². The van der Waals surface area contributed by atoms with Crippen molar-refractivity contribution in [2.75, 3.05) is 26.1 Å². The normalized spacial score (nSPS) is 12.3. The monoisotopic (exact) mass is 291 g/mol. The van der Waals surface area contributed by atoms with Crippen molar-refractivity contribution in [2.24, 2.45) is 12.9 Å². The van der Waals surface area contributed by atoms with Gasteiger partial charge >= 0.3 is 0 Å². The highest BCUT2D eigenvalue weighted by Gasteiger charge is 2.21. The number of nitrogen functional groups attached to an aromatic ring is 1. The quantitative estimate of drug-likeness (QED) is 0.392. The van der Waals surface area contributed by atoms with Gasteiger partial charge in [0, 0.05) is 25.3 Å². The summed E-state index contributed by atoms with van der Waals surface area (Å²) in [5.41, 5.74) is 10.5. The van der Waals surface area contributed by atoms with Crippen molar-refractivity contribution in [3.05, 3.63) is 41.6 Å². The summed E-state index contributed by atoms with van der Waals surface area (Å²) in [5.74, 6) is 7.01. The van der Waals surface area contributed by atoms with Gasteiger partial charge in [0.05, 0.1) is 18.8 Å². The van der Waals surface area contributed by atoms with Crippen LogP contribution in [-0.2, 0) is 11.8 Å². The lowest BCUT2D eigenvalue weighted by Gasteiger charge is -2.19. The van der Waals surface area contributed by atoms with Crippen LogP contribution in [0, 0.1) is 0 Å². The average molecular weight is 291 g/mol. The van der Waals surface area contributed by atoms with Crippen LogP contribution >= 0.6 is 0 Å². The Morgan fingerprint density at radius 2 is 2.05 bits per heavy atom. The van der Waals surface area contributed by atoms with E-state index in [0.717, 1.165) is 16.9 Å². The van der Waals surface area contributed by atoms with Crippen LogP contribution in [0.5, 0.6) is 5.75 Å². The number of para-hydroxylation sites is 1. The molecule has 7 heteroatoms. The molecule has 0 spiro atoms. The number of nitrogens with two attached hydrogens (primary N) is 2. The van der Waals surface area contributed by atoms with E-state index in [0.29, 0.717) is 19.0 Å². The fraction of sp³-hybridized carbons (Fsp3) is 0.357. The molecule has 1 aromatic heterocycles. The first kappa shape index (κ1) is 15.3. The van der Waals surface area contributed by atoms with Gasteiger partial charge < -0.3 is 15.2 Å². The molecule has 21 heavy (non-hydrogen) atoms. The summed E-state index contributed by atoms with van der Waals surface area (Å²) in [6, 6.07) is 7.37. The Morgan fingerprint density at radius 1 is 1.29 bits per heavy atom. The van der Waals surface area contributed by atoms with E-state index in [1.54, 1.807) is 25.0 Å². The highest BCUT2D eigenvalue weighted by molar-refractivity contribution is 5.49. The Hall–Kier alpha value is -2.09. The molecule has 1 unspecified atom stereocenters. The third-order valence-corrected chi connectivity index (χ3v) is 3.27. The van der Waals surface area contributed by atoms with Crippen LogP contribution in [0.3, 0.4) is 0 Å². The fourth-order valence-electron chi connectivity index (χ4n) is 2.12. The van der Waals surface area contributed by atoms with Gasteiger partial charge in [0.2, 0.25) is 0 Å². The van der Waals surface area contributed by atoms with Gasteiger partial charge in [0.25, 0.3) is 0 Å². The number of aryl methyl sites for hydroxylation is 1. The molecule has 2 aromatic rings. The van der Waals surface area contributed by atoms with Crippen molar-refractivity contribution in [1.82, 2.24) is 15.2 Å². The number of benzene rings is 1. The molecule has 1 heterocycles. The number of hydrazine groups is 1. The summed E-state index contributed by atoms with van der Waals surface area (Å²) < 4.78 is 12.3. The first-order chi connectivity index (χ1) is 10.2. The summed E-state index contributed by atoms with van der Waals surface area (Å²) >= 11 is 0. The van der Waals surface area contributed by atoms with Gasteiger partial charge in [0.1, 0.15) is 18.2 Å². The van der Waals surface area contributed by atoms with Crippen LogP contribution in [0.1, 0.15) is 17.2 Å². The zero-order chi connectivity index (χ0) is 15.2. The number of methoxy groups -OCH3 is 1. The summed E-state index contributed by atoms with van der Waals surface area (Å²) in [6.45, 7) is 0.984. The largest absolute Gasteiger partial charge is 0.491 e. The number of hydrogen-bond donors (Lipinski definition) is 3. The predicted molar refractivity (Wildman–Crippen MR) is 80.6 cm³/mol. The number of hydrogen-bond acceptors (Lipinski definition) is 6. The van der Waals surface area contributed by atoms with Gasteiger partial charge in [-0.3, -0.25) is 10.5 Å². The highest BCUT2D eigenvalue weighted by atomic mass is 16.5. The maximum Gasteiger partial charge on any atom is 0.126 e. The van der Waals surface area contributed by atoms with Crippen LogP contribution in [-0.4, -0.2) is 30.1 Å². The van der Waals surface area contributed by atoms with E-state index in [1.807, 2.05) is 24.3 Å². The lowest BCUT2D eigenvalue weighted by molar-refractivity contribution is 0.145. The van der Waals surface area contributed by atoms with E-state index >= 15 is 0 Å². The SMILES string of the molecule is COCCOc1ccccc1C(NN)c1cnn(C)c1N. The molecule has 0 aliphatic heterocycles. The van der Waals surface area contributed by atoms with Gasteiger partial charge in [-0.2, -0.15) is 5.10 Å². The van der Waals surface area contributed by atoms with E-state index in [4.69, 9.17) is 21.1 Å². The molecule has 0 fully saturated rings. The second-order valence-electron chi connectivity index (χ2n) is 4.59. The third kappa shape index (κ3) is 3.33. The number of nitrogens with zero attached hydrogens (tertiary/aromatic N) is 2. The molecular formula is C14H21N5O2. The molecule has 114 valence electrons. The topological polar surface area (TPSA) is 100 Å². The lowest BCUT2D eigenvalue weighted by atomic mass is 10.0. The zero-order valence-electron chi connectivity index (χ0n) is 12.2. The first-order valence-corrected chi connectivity index (χ1v) is 6.63. The van der Waals surface area contributed by atoms with Gasteiger partial charge in [-0.25, -0.2) is 5.43 Å². The van der Waals surface area contributed by atoms with E-state index < -0.39 is 0 Å². The summed E-state index contributed by atoms with van der Waals surface area (Å²) in [5, 5.41) is 4.15. The third-order valence-electron chi connectivity index (χ3n) is 3.27. The first-order valence-electron chi connectivity index (χ1n) is 6.63. The molecule has 7 nitrogen and oxygen atoms in total. The van der Waals surface area contributed by atoms with Crippen LogP contribution < -0.4 is 21.7 Å². The van der Waals surface area contributed by atoms with Crippen molar-refractivity contribution in [3.63, 3.8) is 0 Å². The minimum atomic E-state index is -0.294. The maximum atomic E-state index is 6.03. The van der Waals surface area contributed by atoms with Crippen molar-refractivity contribution in [2.45, 2.75) is 6.04 Å². The van der Waals surface area contributed by atoms with Gasteiger partial charge in [-0.05, 0) is 6.07 Å². The standard InChI is InChI=1S/C14H21N5O2/c1-19-14(15)11(9-17-19)13(18-16)10-5-3-4-6-12(10)21-8-7-20-2/h3-6,9,13,18H,7-8,15-16H2,1-2H3. The molecule has 0 saturated heterocycles. The minimum absolute atomic E-state index is 0.294. The van der Waals surface area contributed by atoms with Crippen molar-refractivity contribution in [3.8, 4) is 5.75 Å². The van der Waals surface area contributed by atoms with Crippen LogP contribution in [0.4, 0.5) is 5.82 Å².